The van der Waals surface area contributed by atoms with Crippen LogP contribution in [0.15, 0.2) is 36.4 Å². The maximum Gasteiger partial charge on any atom is 0.352 e. The highest BCUT2D eigenvalue weighted by Crippen LogP contribution is 2.33. The highest BCUT2D eigenvalue weighted by Gasteiger charge is 2.37. The fraction of sp³-hybridized carbons (Fsp3) is 0.286. The Balaban J connectivity index is 1.50. The molecule has 1 aliphatic rings. The Morgan fingerprint density at radius 2 is 1.69 bits per heavy atom. The fourth-order valence-corrected chi connectivity index (χ4v) is 2.80. The van der Waals surface area contributed by atoms with Crippen LogP contribution < -0.4 is 20.1 Å². The van der Waals surface area contributed by atoms with Gasteiger partial charge in [-0.2, -0.15) is 0 Å². The van der Waals surface area contributed by atoms with Gasteiger partial charge in [-0.25, -0.2) is 18.0 Å². The number of halogens is 3. The van der Waals surface area contributed by atoms with Crippen molar-refractivity contribution in [1.29, 1.82) is 0 Å². The lowest BCUT2D eigenvalue weighted by Gasteiger charge is -2.30. The van der Waals surface area contributed by atoms with Crippen LogP contribution in [0.4, 0.5) is 18.9 Å². The van der Waals surface area contributed by atoms with Crippen LogP contribution >= 0.6 is 0 Å². The Morgan fingerprint density at radius 3 is 2.38 bits per heavy atom. The Labute approximate surface area is 180 Å². The highest BCUT2D eigenvalue weighted by atomic mass is 19.2. The van der Waals surface area contributed by atoms with E-state index in [2.05, 4.69) is 5.32 Å². The maximum atomic E-state index is 13.6. The molecule has 0 aliphatic carbocycles. The number of nitrogens with one attached hydrogen (secondary N) is 2. The Bertz CT molecular complexity index is 1050. The molecule has 3 rings (SSSR count). The fourth-order valence-electron chi connectivity index (χ4n) is 2.80. The lowest BCUT2D eigenvalue weighted by atomic mass is 10.2. The molecule has 3 atom stereocenters. The smallest absolute Gasteiger partial charge is 0.352 e. The summed E-state index contributed by atoms with van der Waals surface area (Å²) in [6.07, 6.45) is -3.08. The molecule has 32 heavy (non-hydrogen) atoms. The van der Waals surface area contributed by atoms with Gasteiger partial charge in [-0.3, -0.25) is 9.59 Å². The maximum absolute atomic E-state index is 13.6. The van der Waals surface area contributed by atoms with Crippen molar-refractivity contribution in [2.45, 2.75) is 32.2 Å². The molecule has 0 bridgehead atoms. The van der Waals surface area contributed by atoms with E-state index in [0.717, 1.165) is 6.07 Å². The number of benzene rings is 2. The average molecular weight is 452 g/mol. The molecule has 2 amide bonds. The number of carbonyl (C=O) groups excluding carboxylic acids is 3. The van der Waals surface area contributed by atoms with Gasteiger partial charge in [-0.05, 0) is 38.1 Å². The summed E-state index contributed by atoms with van der Waals surface area (Å²) in [4.78, 5) is 36.4. The van der Waals surface area contributed by atoms with E-state index in [4.69, 9.17) is 14.2 Å². The van der Waals surface area contributed by atoms with E-state index < -0.39 is 65.8 Å². The molecule has 2 aromatic rings. The summed E-state index contributed by atoms with van der Waals surface area (Å²) < 4.78 is 56.0. The molecule has 11 heteroatoms. The van der Waals surface area contributed by atoms with Crippen molar-refractivity contribution >= 4 is 23.5 Å². The van der Waals surface area contributed by atoms with Crippen molar-refractivity contribution in [1.82, 2.24) is 5.32 Å². The Hall–Kier alpha value is -3.76. The largest absolute Gasteiger partial charge is 0.482 e. The van der Waals surface area contributed by atoms with Crippen LogP contribution in [0.3, 0.4) is 0 Å². The van der Waals surface area contributed by atoms with Crippen molar-refractivity contribution in [3.05, 3.63) is 53.8 Å². The van der Waals surface area contributed by atoms with E-state index in [-0.39, 0.29) is 0 Å². The molecule has 0 saturated heterocycles. The topological polar surface area (TPSA) is 103 Å². The Kier molecular flexibility index (Phi) is 6.86. The number of ether oxygens (including phenoxy) is 3. The Morgan fingerprint density at radius 1 is 1.03 bits per heavy atom. The van der Waals surface area contributed by atoms with Crippen LogP contribution in [0.25, 0.3) is 0 Å². The van der Waals surface area contributed by atoms with Gasteiger partial charge in [0, 0.05) is 0 Å². The van der Waals surface area contributed by atoms with Crippen LogP contribution in [-0.2, 0) is 19.1 Å². The van der Waals surface area contributed by atoms with Gasteiger partial charge < -0.3 is 24.8 Å². The number of para-hydroxylation sites is 2. The molecule has 1 aliphatic heterocycles. The van der Waals surface area contributed by atoms with E-state index in [9.17, 15) is 27.6 Å². The minimum Gasteiger partial charge on any atom is -0.482 e. The van der Waals surface area contributed by atoms with E-state index in [0.29, 0.717) is 17.6 Å². The molecule has 0 spiro atoms. The zero-order valence-electron chi connectivity index (χ0n) is 17.0. The van der Waals surface area contributed by atoms with Gasteiger partial charge in [0.2, 0.25) is 12.0 Å². The molecule has 1 heterocycles. The van der Waals surface area contributed by atoms with Gasteiger partial charge in [0.25, 0.3) is 5.91 Å². The molecule has 2 N–H and O–H groups in total. The zero-order chi connectivity index (χ0) is 23.4. The third-order valence-electron chi connectivity index (χ3n) is 4.47. The van der Waals surface area contributed by atoms with Gasteiger partial charge in [0.15, 0.2) is 35.1 Å². The molecule has 8 nitrogen and oxygen atoms in total. The van der Waals surface area contributed by atoms with Crippen LogP contribution in [0, 0.1) is 17.5 Å². The summed E-state index contributed by atoms with van der Waals surface area (Å²) in [6, 6.07) is 8.23. The van der Waals surface area contributed by atoms with Crippen LogP contribution in [0.2, 0.25) is 0 Å². The van der Waals surface area contributed by atoms with Gasteiger partial charge in [0.05, 0.1) is 12.2 Å². The average Bonchev–Trinajstić information content (AvgIpc) is 2.77. The number of fused-ring (bicyclic) bond motifs is 1. The number of carbonyl (C=O) groups is 3. The molecule has 0 radical (unpaired) electrons. The molecule has 0 fully saturated rings. The zero-order valence-corrected chi connectivity index (χ0v) is 17.0. The quantitative estimate of drug-likeness (QED) is 0.515. The standard InChI is InChI=1S/C21H19F3N2O6/c1-10-19(32-15-6-4-3-5-14(15)30-10)21(29)31-11(2)20(28)25-9-16(27)26-13-8-7-12(22)17(23)18(13)24/h3-8,10-11,19H,9H2,1-2H3,(H,25,28)(H,26,27). The predicted octanol–water partition coefficient (Wildman–Crippen LogP) is 2.32. The summed E-state index contributed by atoms with van der Waals surface area (Å²) >= 11 is 0. The lowest BCUT2D eigenvalue weighted by Crippen LogP contribution is -2.47. The van der Waals surface area contributed by atoms with Crippen molar-refractivity contribution in [3.63, 3.8) is 0 Å². The molecule has 0 saturated carbocycles. The van der Waals surface area contributed by atoms with Crippen molar-refractivity contribution in [2.24, 2.45) is 0 Å². The predicted molar refractivity (Wildman–Crippen MR) is 104 cm³/mol. The molecule has 170 valence electrons. The van der Waals surface area contributed by atoms with E-state index >= 15 is 0 Å². The summed E-state index contributed by atoms with van der Waals surface area (Å²) in [5, 5.41) is 4.19. The first kappa shape index (κ1) is 22.9. The van der Waals surface area contributed by atoms with Crippen molar-refractivity contribution in [3.8, 4) is 11.5 Å². The number of amides is 2. The first-order valence-electron chi connectivity index (χ1n) is 9.51. The monoisotopic (exact) mass is 452 g/mol. The van der Waals surface area contributed by atoms with Crippen molar-refractivity contribution < 1.29 is 41.8 Å². The minimum absolute atomic E-state index is 0.353. The molecule has 3 unspecified atom stereocenters. The molecular weight excluding hydrogens is 433 g/mol. The lowest BCUT2D eigenvalue weighted by molar-refractivity contribution is -0.166. The summed E-state index contributed by atoms with van der Waals surface area (Å²) in [7, 11) is 0. The molecule has 0 aromatic heterocycles. The van der Waals surface area contributed by atoms with Crippen LogP contribution in [0.1, 0.15) is 13.8 Å². The van der Waals surface area contributed by atoms with E-state index in [1.165, 1.54) is 6.92 Å². The second-order valence-electron chi connectivity index (χ2n) is 6.88. The van der Waals surface area contributed by atoms with Gasteiger partial charge in [0.1, 0.15) is 6.10 Å². The van der Waals surface area contributed by atoms with Gasteiger partial charge in [-0.1, -0.05) is 12.1 Å². The third-order valence-corrected chi connectivity index (χ3v) is 4.47. The van der Waals surface area contributed by atoms with Crippen LogP contribution in [0.5, 0.6) is 11.5 Å². The second-order valence-corrected chi connectivity index (χ2v) is 6.88. The van der Waals surface area contributed by atoms with Crippen LogP contribution in [-0.4, -0.2) is 42.6 Å². The highest BCUT2D eigenvalue weighted by molar-refractivity contribution is 5.95. The first-order valence-corrected chi connectivity index (χ1v) is 9.51. The number of rotatable bonds is 6. The van der Waals surface area contributed by atoms with E-state index in [1.807, 2.05) is 5.32 Å². The number of hydrogen-bond acceptors (Lipinski definition) is 6. The molecular formula is C21H19F3N2O6. The minimum atomic E-state index is -1.74. The third kappa shape index (κ3) is 5.10. The number of hydrogen-bond donors (Lipinski definition) is 2. The summed E-state index contributed by atoms with van der Waals surface area (Å²) in [6.45, 7) is 2.25. The van der Waals surface area contributed by atoms with E-state index in [1.54, 1.807) is 31.2 Å². The number of anilines is 1. The van der Waals surface area contributed by atoms with Gasteiger partial charge >= 0.3 is 5.97 Å². The first-order chi connectivity index (χ1) is 15.2. The van der Waals surface area contributed by atoms with Gasteiger partial charge in [-0.15, -0.1) is 0 Å². The summed E-state index contributed by atoms with van der Waals surface area (Å²) in [5.41, 5.74) is -0.591. The molecule has 2 aromatic carbocycles. The normalized spacial score (nSPS) is 17.8. The second kappa shape index (κ2) is 9.58. The summed E-state index contributed by atoms with van der Waals surface area (Å²) in [5.74, 6) is -6.46. The SMILES string of the molecule is CC(OC(=O)C1Oc2ccccc2OC1C)C(=O)NCC(=O)Nc1ccc(F)c(F)c1F. The number of esters is 1. The van der Waals surface area contributed by atoms with Crippen molar-refractivity contribution in [2.75, 3.05) is 11.9 Å².